The van der Waals surface area contributed by atoms with E-state index in [9.17, 15) is 14.7 Å². The highest BCUT2D eigenvalue weighted by Crippen LogP contribution is 2.26. The molecule has 0 aliphatic rings. The van der Waals surface area contributed by atoms with E-state index in [1.165, 1.54) is 70.6 Å². The van der Waals surface area contributed by atoms with Crippen molar-refractivity contribution in [3.05, 3.63) is 40.4 Å². The number of rotatable bonds is 62. The first-order valence-electron chi connectivity index (χ1n) is 35.5. The lowest BCUT2D eigenvalue weighted by Crippen LogP contribution is -2.34. The van der Waals surface area contributed by atoms with Crippen LogP contribution in [0.5, 0.6) is 0 Å². The zero-order valence-corrected chi connectivity index (χ0v) is 61.4. The fraction of sp³-hybridized carbons (Fsp3) is 0.875. The van der Waals surface area contributed by atoms with Crippen molar-refractivity contribution >= 4 is 28.4 Å². The van der Waals surface area contributed by atoms with E-state index in [4.69, 9.17) is 87.6 Å². The minimum atomic E-state index is -0.608. The second-order valence-corrected chi connectivity index (χ2v) is 26.5. The lowest BCUT2D eigenvalue weighted by atomic mass is 10.0. The van der Waals surface area contributed by atoms with Crippen LogP contribution in [0.2, 0.25) is 0 Å². The standard InChI is InChI=1S/C72H131ClN2O18/c1-17-18-19-20-21-22-23-24-25-26-27-28-29-30-35-69(71-74-68-34-32-31-33-67(68)72(78)75(71)70(77)36-73)93-51-66(16)92-50-65(15)91-49-64(14)90-48-63(13)89-47-62(12)88-46-61(11)87-45-60(10)86-44-59(9)85-43-58(8)84-42-57(7)83-41-56(6)82-40-55(5)81-39-54(4)80-38-53(3)79-37-52(2)76/h31-34,52-66,69,76H,17-30,35-51H2,1-16H3. The van der Waals surface area contributed by atoms with Crippen LogP contribution in [-0.2, 0) is 71.1 Å². The predicted octanol–water partition coefficient (Wildman–Crippen LogP) is 13.3. The van der Waals surface area contributed by atoms with Crippen LogP contribution in [0.3, 0.4) is 0 Å². The smallest absolute Gasteiger partial charge is 0.268 e. The van der Waals surface area contributed by atoms with Gasteiger partial charge in [-0.1, -0.05) is 109 Å². The Morgan fingerprint density at radius 2 is 0.634 bits per heavy atom. The average molecular weight is 1350 g/mol. The molecule has 1 aromatic heterocycles. The van der Waals surface area contributed by atoms with Gasteiger partial charge in [0.25, 0.3) is 5.56 Å². The maximum absolute atomic E-state index is 13.7. The number of carbonyl (C=O) groups is 1. The zero-order valence-electron chi connectivity index (χ0n) is 60.6. The number of aliphatic hydroxyl groups is 1. The molecule has 0 saturated carbocycles. The molecule has 0 bridgehead atoms. The summed E-state index contributed by atoms with van der Waals surface area (Å²) in [4.78, 5) is 31.8. The van der Waals surface area contributed by atoms with E-state index >= 15 is 0 Å². The molecule has 20 nitrogen and oxygen atoms in total. The van der Waals surface area contributed by atoms with Crippen molar-refractivity contribution in [2.24, 2.45) is 0 Å². The molecule has 0 aliphatic heterocycles. The third kappa shape index (κ3) is 43.6. The van der Waals surface area contributed by atoms with Crippen molar-refractivity contribution in [2.75, 3.05) is 105 Å². The van der Waals surface area contributed by atoms with Crippen molar-refractivity contribution in [2.45, 2.75) is 305 Å². The molecule has 0 saturated heterocycles. The number of alkyl halides is 1. The van der Waals surface area contributed by atoms with Crippen LogP contribution < -0.4 is 5.56 Å². The first-order valence-corrected chi connectivity index (χ1v) is 36.1. The third-order valence-corrected chi connectivity index (χ3v) is 15.7. The van der Waals surface area contributed by atoms with Crippen molar-refractivity contribution in [1.82, 2.24) is 9.55 Å². The van der Waals surface area contributed by atoms with E-state index in [-0.39, 0.29) is 110 Å². The van der Waals surface area contributed by atoms with Gasteiger partial charge >= 0.3 is 0 Å². The third-order valence-electron chi connectivity index (χ3n) is 15.4. The molecule has 0 aliphatic carbocycles. The summed E-state index contributed by atoms with van der Waals surface area (Å²) in [5.41, 5.74) is 0.0757. The number of ether oxygens (including phenoxy) is 15. The Morgan fingerprint density at radius 1 is 0.387 bits per heavy atom. The topological polar surface area (TPSA) is 211 Å². The van der Waals surface area contributed by atoms with Crippen molar-refractivity contribution in [3.63, 3.8) is 0 Å². The molecule has 0 radical (unpaired) electrons. The number of fused-ring (bicyclic) bond motifs is 1. The van der Waals surface area contributed by atoms with Crippen LogP contribution in [0, 0.1) is 0 Å². The molecular weight excluding hydrogens is 1220 g/mol. The van der Waals surface area contributed by atoms with Gasteiger partial charge in [0.15, 0.2) is 0 Å². The number of unbranched alkanes of at least 4 members (excludes halogenated alkanes) is 13. The monoisotopic (exact) mass is 1350 g/mol. The lowest BCUT2D eigenvalue weighted by molar-refractivity contribution is -0.116. The highest BCUT2D eigenvalue weighted by Gasteiger charge is 2.26. The van der Waals surface area contributed by atoms with Crippen LogP contribution in [0.25, 0.3) is 10.9 Å². The van der Waals surface area contributed by atoms with Crippen molar-refractivity contribution in [1.29, 1.82) is 0 Å². The normalized spacial score (nSPS) is 17.4. The molecule has 0 fully saturated rings. The maximum atomic E-state index is 13.7. The SMILES string of the molecule is CCCCCCCCCCCCCCCCC(OCC(C)OCC(C)OCC(C)OCC(C)OCC(C)OCC(C)OCC(C)OCC(C)OCC(C)OCC(C)OCC(C)OCC(C)OCC(C)OCC(C)OCC(C)O)c1nc2ccccc2c(=O)n1C(=O)CCl. The summed E-state index contributed by atoms with van der Waals surface area (Å²) in [5.74, 6) is -0.602. The number of benzene rings is 1. The van der Waals surface area contributed by atoms with Crippen LogP contribution in [0.15, 0.2) is 29.1 Å². The van der Waals surface area contributed by atoms with Crippen LogP contribution in [0.1, 0.15) is 224 Å². The Balaban J connectivity index is 1.59. The van der Waals surface area contributed by atoms with Gasteiger partial charge in [0.1, 0.15) is 17.8 Å². The van der Waals surface area contributed by atoms with Gasteiger partial charge in [-0.3, -0.25) is 9.59 Å². The second kappa shape index (κ2) is 53.6. The van der Waals surface area contributed by atoms with E-state index in [1.807, 2.05) is 103 Å². The Hall–Kier alpha value is -2.32. The van der Waals surface area contributed by atoms with Gasteiger partial charge in [-0.15, -0.1) is 11.6 Å². The molecule has 16 atom stereocenters. The minimum absolute atomic E-state index is 0.0952. The molecule has 1 heterocycles. The van der Waals surface area contributed by atoms with E-state index in [0.717, 1.165) is 23.8 Å². The first-order chi connectivity index (χ1) is 44.5. The van der Waals surface area contributed by atoms with Crippen molar-refractivity contribution < 1.29 is 81.0 Å². The number of carbonyl (C=O) groups excluding carboxylic acids is 1. The van der Waals surface area contributed by atoms with Gasteiger partial charge in [-0.05, 0) is 122 Å². The van der Waals surface area contributed by atoms with Gasteiger partial charge < -0.3 is 76.2 Å². The van der Waals surface area contributed by atoms with Gasteiger partial charge in [0.05, 0.1) is 202 Å². The van der Waals surface area contributed by atoms with E-state index in [0.29, 0.717) is 103 Å². The summed E-state index contributed by atoms with van der Waals surface area (Å²) in [7, 11) is 0. The molecule has 2 rings (SSSR count). The Labute approximate surface area is 566 Å². The first kappa shape index (κ1) is 86.8. The summed E-state index contributed by atoms with van der Waals surface area (Å²) < 4.78 is 91.4. The maximum Gasteiger partial charge on any atom is 0.268 e. The molecule has 2 aromatic rings. The highest BCUT2D eigenvalue weighted by molar-refractivity contribution is 6.27. The molecule has 21 heteroatoms. The van der Waals surface area contributed by atoms with Crippen LogP contribution in [0.4, 0.5) is 0 Å². The molecule has 0 spiro atoms. The fourth-order valence-corrected chi connectivity index (χ4v) is 9.72. The summed E-state index contributed by atoms with van der Waals surface area (Å²) in [6.45, 7) is 37.4. The Morgan fingerprint density at radius 3 is 0.903 bits per heavy atom. The fourth-order valence-electron chi connectivity index (χ4n) is 9.60. The summed E-state index contributed by atoms with van der Waals surface area (Å²) in [6.07, 6.45) is 14.9. The van der Waals surface area contributed by atoms with E-state index in [2.05, 4.69) is 6.92 Å². The molecule has 16 unspecified atom stereocenters. The Kier molecular flexibility index (Phi) is 50.0. The van der Waals surface area contributed by atoms with Crippen LogP contribution in [-0.4, -0.2) is 217 Å². The van der Waals surface area contributed by atoms with Gasteiger partial charge in [-0.25, -0.2) is 9.55 Å². The van der Waals surface area contributed by atoms with Gasteiger partial charge in [0.2, 0.25) is 5.91 Å². The number of halogens is 1. The average Bonchev–Trinajstić information content (AvgIpc) is 0.780. The predicted molar refractivity (Wildman–Crippen MR) is 368 cm³/mol. The second-order valence-electron chi connectivity index (χ2n) is 26.2. The molecule has 544 valence electrons. The zero-order chi connectivity index (χ0) is 68.8. The van der Waals surface area contributed by atoms with Crippen molar-refractivity contribution in [3.8, 4) is 0 Å². The summed E-state index contributed by atoms with van der Waals surface area (Å²) in [6, 6.07) is 7.06. The van der Waals surface area contributed by atoms with Gasteiger partial charge in [0, 0.05) is 0 Å². The lowest BCUT2D eigenvalue weighted by Gasteiger charge is -2.24. The number of hydrogen-bond donors (Lipinski definition) is 1. The van der Waals surface area contributed by atoms with E-state index in [1.54, 1.807) is 25.1 Å². The molecule has 1 N–H and O–H groups in total. The Bertz CT molecular complexity index is 2180. The molecule has 1 aromatic carbocycles. The summed E-state index contributed by atoms with van der Waals surface area (Å²) >= 11 is 6.07. The quantitative estimate of drug-likeness (QED) is 0.0482. The number of para-hydroxylation sites is 1. The van der Waals surface area contributed by atoms with E-state index < -0.39 is 23.7 Å². The van der Waals surface area contributed by atoms with Gasteiger partial charge in [-0.2, -0.15) is 0 Å². The van der Waals surface area contributed by atoms with Crippen LogP contribution >= 0.6 is 11.6 Å². The minimum Gasteiger partial charge on any atom is -0.391 e. The number of aliphatic hydroxyl groups excluding tert-OH is 1. The highest BCUT2D eigenvalue weighted by atomic mass is 35.5. The number of nitrogens with zero attached hydrogens (tertiary/aromatic N) is 2. The largest absolute Gasteiger partial charge is 0.391 e. The molecule has 93 heavy (non-hydrogen) atoms. The number of hydrogen-bond acceptors (Lipinski definition) is 19. The molecular formula is C72H131ClN2O18. The summed E-state index contributed by atoms with van der Waals surface area (Å²) in [5, 5.41) is 9.74. The molecule has 0 amide bonds. The number of aromatic nitrogens is 2.